The lowest BCUT2D eigenvalue weighted by atomic mass is 9.98. The number of benzene rings is 1. The Kier molecular flexibility index (Phi) is 6.45. The number of amides is 2. The molecule has 0 radical (unpaired) electrons. The number of hydrogen-bond acceptors (Lipinski definition) is 5. The number of nitrogens with zero attached hydrogens (tertiary/aromatic N) is 1. The van der Waals surface area contributed by atoms with E-state index in [0.717, 1.165) is 32.2 Å². The molecule has 1 aromatic rings. The number of esters is 1. The van der Waals surface area contributed by atoms with Crippen LogP contribution in [0.3, 0.4) is 0 Å². The van der Waals surface area contributed by atoms with E-state index in [4.69, 9.17) is 4.74 Å². The van der Waals surface area contributed by atoms with E-state index in [9.17, 15) is 14.4 Å². The molecule has 27 heavy (non-hydrogen) atoms. The minimum atomic E-state index is -0.539. The summed E-state index contributed by atoms with van der Waals surface area (Å²) in [6, 6.07) is 6.38. The normalized spacial score (nSPS) is 22.8. The summed E-state index contributed by atoms with van der Waals surface area (Å²) in [6.07, 6.45) is 4.23. The molecule has 0 bridgehead atoms. The van der Waals surface area contributed by atoms with Crippen molar-refractivity contribution in [3.05, 3.63) is 29.8 Å². The Morgan fingerprint density at radius 2 is 2.04 bits per heavy atom. The van der Waals surface area contributed by atoms with Gasteiger partial charge in [-0.2, -0.15) is 0 Å². The van der Waals surface area contributed by atoms with Crippen molar-refractivity contribution < 1.29 is 19.1 Å². The highest BCUT2D eigenvalue weighted by Gasteiger charge is 2.33. The zero-order valence-corrected chi connectivity index (χ0v) is 15.7. The zero-order chi connectivity index (χ0) is 19.2. The van der Waals surface area contributed by atoms with E-state index in [2.05, 4.69) is 10.6 Å². The second kappa shape index (κ2) is 8.99. The molecule has 0 saturated carbocycles. The highest BCUT2D eigenvalue weighted by molar-refractivity contribution is 5.99. The highest BCUT2D eigenvalue weighted by Crippen LogP contribution is 2.22. The van der Waals surface area contributed by atoms with Gasteiger partial charge >= 0.3 is 5.97 Å². The van der Waals surface area contributed by atoms with E-state index in [1.54, 1.807) is 29.2 Å². The van der Waals surface area contributed by atoms with Crippen molar-refractivity contribution in [2.24, 2.45) is 5.92 Å². The van der Waals surface area contributed by atoms with Crippen LogP contribution in [0.25, 0.3) is 0 Å². The molecule has 1 aromatic carbocycles. The van der Waals surface area contributed by atoms with Gasteiger partial charge < -0.3 is 20.3 Å². The van der Waals surface area contributed by atoms with Gasteiger partial charge in [-0.1, -0.05) is 6.07 Å². The number of carbonyl (C=O) groups is 3. The third kappa shape index (κ3) is 4.66. The number of piperidine rings is 2. The van der Waals surface area contributed by atoms with Crippen LogP contribution in [0.5, 0.6) is 0 Å². The summed E-state index contributed by atoms with van der Waals surface area (Å²) < 4.78 is 4.85. The van der Waals surface area contributed by atoms with Gasteiger partial charge in [0.25, 0.3) is 5.91 Å². The highest BCUT2D eigenvalue weighted by atomic mass is 16.5. The zero-order valence-electron chi connectivity index (χ0n) is 15.7. The first-order valence-electron chi connectivity index (χ1n) is 9.60. The van der Waals surface area contributed by atoms with Gasteiger partial charge in [0, 0.05) is 24.3 Å². The molecule has 146 valence electrons. The second-order valence-electron chi connectivity index (χ2n) is 7.15. The Morgan fingerprint density at radius 3 is 2.78 bits per heavy atom. The van der Waals surface area contributed by atoms with Gasteiger partial charge in [-0.05, 0) is 56.8 Å². The van der Waals surface area contributed by atoms with Crippen LogP contribution in [0.15, 0.2) is 24.3 Å². The first-order chi connectivity index (χ1) is 13.1. The smallest absolute Gasteiger partial charge is 0.328 e. The Morgan fingerprint density at radius 1 is 1.19 bits per heavy atom. The largest absolute Gasteiger partial charge is 0.467 e. The molecular weight excluding hydrogens is 346 g/mol. The topological polar surface area (TPSA) is 87.7 Å². The van der Waals surface area contributed by atoms with Gasteiger partial charge in [0.15, 0.2) is 0 Å². The SMILES string of the molecule is COC(=O)C1CCCCN1C(=O)c1cccc(NC(=O)C2CCCNC2)c1. The van der Waals surface area contributed by atoms with Gasteiger partial charge in [-0.25, -0.2) is 4.79 Å². The van der Waals surface area contributed by atoms with Crippen LogP contribution in [0.4, 0.5) is 5.69 Å². The molecule has 2 saturated heterocycles. The van der Waals surface area contributed by atoms with Crippen molar-refractivity contribution in [3.63, 3.8) is 0 Å². The van der Waals surface area contributed by atoms with Crippen LogP contribution in [0.1, 0.15) is 42.5 Å². The molecule has 0 aliphatic carbocycles. The minimum Gasteiger partial charge on any atom is -0.467 e. The molecule has 2 fully saturated rings. The van der Waals surface area contributed by atoms with Crippen molar-refractivity contribution in [3.8, 4) is 0 Å². The third-order valence-corrected chi connectivity index (χ3v) is 5.28. The summed E-state index contributed by atoms with van der Waals surface area (Å²) in [5.74, 6) is -0.668. The van der Waals surface area contributed by atoms with Gasteiger partial charge in [-0.15, -0.1) is 0 Å². The second-order valence-corrected chi connectivity index (χ2v) is 7.15. The summed E-state index contributed by atoms with van der Waals surface area (Å²) in [6.45, 7) is 2.16. The molecule has 7 heteroatoms. The van der Waals surface area contributed by atoms with Crippen LogP contribution in [-0.2, 0) is 14.3 Å². The Bertz CT molecular complexity index is 700. The van der Waals surface area contributed by atoms with Crippen molar-refractivity contribution in [2.45, 2.75) is 38.1 Å². The summed E-state index contributed by atoms with van der Waals surface area (Å²) in [5.41, 5.74) is 1.06. The first kappa shape index (κ1) is 19.4. The Labute approximate surface area is 159 Å². The number of hydrogen-bond donors (Lipinski definition) is 2. The van der Waals surface area contributed by atoms with Crippen LogP contribution >= 0.6 is 0 Å². The van der Waals surface area contributed by atoms with Gasteiger partial charge in [0.1, 0.15) is 6.04 Å². The summed E-state index contributed by atoms with van der Waals surface area (Å²) in [5, 5.41) is 6.14. The number of rotatable bonds is 4. The third-order valence-electron chi connectivity index (χ3n) is 5.28. The number of carbonyl (C=O) groups excluding carboxylic acids is 3. The van der Waals surface area contributed by atoms with E-state index in [1.165, 1.54) is 7.11 Å². The maximum Gasteiger partial charge on any atom is 0.328 e. The minimum absolute atomic E-state index is 0.0304. The summed E-state index contributed by atoms with van der Waals surface area (Å²) in [4.78, 5) is 39.0. The first-order valence-corrected chi connectivity index (χ1v) is 9.60. The monoisotopic (exact) mass is 373 g/mol. The number of anilines is 1. The fourth-order valence-corrected chi connectivity index (χ4v) is 3.77. The lowest BCUT2D eigenvalue weighted by Crippen LogP contribution is -2.48. The average Bonchev–Trinajstić information content (AvgIpc) is 2.73. The predicted molar refractivity (Wildman–Crippen MR) is 101 cm³/mol. The molecule has 0 spiro atoms. The fourth-order valence-electron chi connectivity index (χ4n) is 3.77. The van der Waals surface area contributed by atoms with E-state index < -0.39 is 6.04 Å². The number of likely N-dealkylation sites (tertiary alicyclic amines) is 1. The van der Waals surface area contributed by atoms with Crippen LogP contribution in [0, 0.1) is 5.92 Å². The maximum absolute atomic E-state index is 13.0. The molecular formula is C20H27N3O4. The van der Waals surface area contributed by atoms with E-state index >= 15 is 0 Å². The molecule has 2 aliphatic rings. The standard InChI is InChI=1S/C20H27N3O4/c1-27-20(26)17-9-2-3-11-23(17)19(25)14-6-4-8-16(12-14)22-18(24)15-7-5-10-21-13-15/h4,6,8,12,15,17,21H,2-3,5,7,9-11,13H2,1H3,(H,22,24). The quantitative estimate of drug-likeness (QED) is 0.786. The number of nitrogens with one attached hydrogen (secondary N) is 2. The molecule has 2 atom stereocenters. The van der Waals surface area contributed by atoms with E-state index in [0.29, 0.717) is 30.8 Å². The Balaban J connectivity index is 1.71. The Hall–Kier alpha value is -2.41. The summed E-state index contributed by atoms with van der Waals surface area (Å²) in [7, 11) is 1.34. The molecule has 3 rings (SSSR count). The average molecular weight is 373 g/mol. The maximum atomic E-state index is 13.0. The van der Waals surface area contributed by atoms with Gasteiger partial charge in [0.05, 0.1) is 13.0 Å². The lowest BCUT2D eigenvalue weighted by Gasteiger charge is -2.33. The lowest BCUT2D eigenvalue weighted by molar-refractivity contribution is -0.147. The van der Waals surface area contributed by atoms with Crippen LogP contribution in [-0.4, -0.2) is 55.5 Å². The fraction of sp³-hybridized carbons (Fsp3) is 0.550. The van der Waals surface area contributed by atoms with Gasteiger partial charge in [0.2, 0.25) is 5.91 Å². The number of methoxy groups -OCH3 is 1. The van der Waals surface area contributed by atoms with E-state index in [1.807, 2.05) is 0 Å². The number of ether oxygens (including phenoxy) is 1. The van der Waals surface area contributed by atoms with Gasteiger partial charge in [-0.3, -0.25) is 9.59 Å². The predicted octanol–water partition coefficient (Wildman–Crippen LogP) is 1.79. The van der Waals surface area contributed by atoms with Crippen molar-refractivity contribution >= 4 is 23.5 Å². The van der Waals surface area contributed by atoms with Crippen LogP contribution < -0.4 is 10.6 Å². The van der Waals surface area contributed by atoms with Crippen molar-refractivity contribution in [1.82, 2.24) is 10.2 Å². The molecule has 2 unspecified atom stereocenters. The van der Waals surface area contributed by atoms with Crippen molar-refractivity contribution in [1.29, 1.82) is 0 Å². The van der Waals surface area contributed by atoms with Crippen molar-refractivity contribution in [2.75, 3.05) is 32.1 Å². The molecule has 2 heterocycles. The van der Waals surface area contributed by atoms with Crippen LogP contribution in [0.2, 0.25) is 0 Å². The molecule has 2 N–H and O–H groups in total. The summed E-state index contributed by atoms with van der Waals surface area (Å²) >= 11 is 0. The molecule has 0 aromatic heterocycles. The van der Waals surface area contributed by atoms with E-state index in [-0.39, 0.29) is 23.7 Å². The molecule has 2 amide bonds. The molecule has 2 aliphatic heterocycles. The molecule has 7 nitrogen and oxygen atoms in total.